The van der Waals surface area contributed by atoms with E-state index in [9.17, 15) is 9.36 Å². The van der Waals surface area contributed by atoms with Gasteiger partial charge in [-0.25, -0.2) is 9.24 Å². The van der Waals surface area contributed by atoms with Gasteiger partial charge in [0.2, 0.25) is 0 Å². The van der Waals surface area contributed by atoms with Crippen LogP contribution in [0.4, 0.5) is 5.69 Å². The zero-order chi connectivity index (χ0) is 20.2. The third kappa shape index (κ3) is 4.62. The Morgan fingerprint density at radius 1 is 1.26 bits per heavy atom. The van der Waals surface area contributed by atoms with E-state index in [2.05, 4.69) is 5.32 Å². The van der Waals surface area contributed by atoms with Gasteiger partial charge in [-0.05, 0) is 25.0 Å². The van der Waals surface area contributed by atoms with Gasteiger partial charge in [0.05, 0.1) is 24.8 Å². The minimum Gasteiger partial charge on any atom is -0.496 e. The highest BCUT2D eigenvalue weighted by atomic mass is 31.2. The third-order valence-electron chi connectivity index (χ3n) is 4.80. The van der Waals surface area contributed by atoms with E-state index in [1.54, 1.807) is 23.9 Å². The van der Waals surface area contributed by atoms with Crippen molar-refractivity contribution in [3.8, 4) is 5.75 Å². The maximum absolute atomic E-state index is 12.8. The molecule has 10 heteroatoms. The van der Waals surface area contributed by atoms with Gasteiger partial charge in [-0.3, -0.25) is 13.8 Å². The lowest BCUT2D eigenvalue weighted by atomic mass is 10.0. The molecule has 1 aliphatic heterocycles. The number of hydrogen-bond donors (Lipinski definition) is 2. The molecule has 9 nitrogen and oxygen atoms in total. The molecule has 0 aliphatic carbocycles. The SMILES string of the molecule is COc1cc(N)c(C)cc1C(=O)NC1CCN(P(=O)(OC)OC)CC1OC. The molecule has 0 spiro atoms. The third-order valence-corrected chi connectivity index (χ3v) is 6.78. The van der Waals surface area contributed by atoms with Crippen LogP contribution in [0.2, 0.25) is 0 Å². The summed E-state index contributed by atoms with van der Waals surface area (Å²) in [6.45, 7) is 2.56. The van der Waals surface area contributed by atoms with Gasteiger partial charge >= 0.3 is 7.75 Å². The molecule has 2 unspecified atom stereocenters. The number of anilines is 1. The highest BCUT2D eigenvalue weighted by Crippen LogP contribution is 2.51. The van der Waals surface area contributed by atoms with Gasteiger partial charge in [-0.2, -0.15) is 0 Å². The van der Waals surface area contributed by atoms with Crippen LogP contribution in [0.1, 0.15) is 22.3 Å². The fourth-order valence-electron chi connectivity index (χ4n) is 3.13. The van der Waals surface area contributed by atoms with Crippen LogP contribution in [0.5, 0.6) is 5.75 Å². The number of carbonyl (C=O) groups excluding carboxylic acids is 1. The fraction of sp³-hybridized carbons (Fsp3) is 0.588. The number of aryl methyl sites for hydroxylation is 1. The van der Waals surface area contributed by atoms with E-state index in [0.717, 1.165) is 5.56 Å². The predicted molar refractivity (Wildman–Crippen MR) is 102 cm³/mol. The van der Waals surface area contributed by atoms with Crippen molar-refractivity contribution in [3.63, 3.8) is 0 Å². The van der Waals surface area contributed by atoms with E-state index in [0.29, 0.717) is 36.5 Å². The molecule has 2 rings (SSSR count). The molecule has 152 valence electrons. The zero-order valence-electron chi connectivity index (χ0n) is 16.4. The van der Waals surface area contributed by atoms with Crippen molar-refractivity contribution < 1.29 is 27.9 Å². The van der Waals surface area contributed by atoms with Crippen molar-refractivity contribution in [1.82, 2.24) is 9.99 Å². The van der Waals surface area contributed by atoms with Gasteiger partial charge in [-0.15, -0.1) is 0 Å². The summed E-state index contributed by atoms with van der Waals surface area (Å²) in [6.07, 6.45) is 0.152. The largest absolute Gasteiger partial charge is 0.496 e. The molecule has 1 aromatic carbocycles. The molecule has 1 aliphatic rings. The second kappa shape index (κ2) is 9.03. The van der Waals surface area contributed by atoms with Crippen molar-refractivity contribution in [1.29, 1.82) is 0 Å². The van der Waals surface area contributed by atoms with E-state index in [1.807, 2.05) is 6.92 Å². The number of nitrogens with zero attached hydrogens (tertiary/aromatic N) is 1. The van der Waals surface area contributed by atoms with Gasteiger partial charge in [-0.1, -0.05) is 0 Å². The molecule has 0 radical (unpaired) electrons. The van der Waals surface area contributed by atoms with Crippen molar-refractivity contribution in [2.45, 2.75) is 25.5 Å². The first-order chi connectivity index (χ1) is 12.8. The molecule has 3 N–H and O–H groups in total. The lowest BCUT2D eigenvalue weighted by molar-refractivity contribution is 0.0196. The number of carbonyl (C=O) groups is 1. The summed E-state index contributed by atoms with van der Waals surface area (Å²) in [5, 5.41) is 2.98. The first-order valence-electron chi connectivity index (χ1n) is 8.54. The van der Waals surface area contributed by atoms with Crippen LogP contribution in [-0.2, 0) is 18.3 Å². The summed E-state index contributed by atoms with van der Waals surface area (Å²) in [5.41, 5.74) is 7.64. The molecule has 2 atom stereocenters. The molecular weight excluding hydrogens is 373 g/mol. The van der Waals surface area contributed by atoms with Crippen LogP contribution >= 0.6 is 7.75 Å². The maximum Gasteiger partial charge on any atom is 0.407 e. The fourth-order valence-corrected chi connectivity index (χ4v) is 4.46. The maximum atomic E-state index is 12.8. The summed E-state index contributed by atoms with van der Waals surface area (Å²) in [5.74, 6) is 0.127. The van der Waals surface area contributed by atoms with Crippen molar-refractivity contribution in [2.75, 3.05) is 47.3 Å². The number of nitrogens with two attached hydrogens (primary N) is 1. The van der Waals surface area contributed by atoms with Gasteiger partial charge in [0, 0.05) is 46.2 Å². The summed E-state index contributed by atoms with van der Waals surface area (Å²) in [6, 6.07) is 3.07. The molecule has 0 bridgehead atoms. The first kappa shape index (κ1) is 21.7. The smallest absolute Gasteiger partial charge is 0.407 e. The quantitative estimate of drug-likeness (QED) is 0.525. The summed E-state index contributed by atoms with van der Waals surface area (Å²) < 4.78 is 35.1. The monoisotopic (exact) mass is 401 g/mol. The summed E-state index contributed by atoms with van der Waals surface area (Å²) in [7, 11) is 2.38. The van der Waals surface area contributed by atoms with Crippen LogP contribution in [0.15, 0.2) is 12.1 Å². The van der Waals surface area contributed by atoms with E-state index < -0.39 is 7.75 Å². The molecule has 0 aromatic heterocycles. The Kier molecular flexibility index (Phi) is 7.25. The van der Waals surface area contributed by atoms with E-state index >= 15 is 0 Å². The predicted octanol–water partition coefficient (Wildman–Crippen LogP) is 1.81. The second-order valence-electron chi connectivity index (χ2n) is 6.30. The molecule has 1 aromatic rings. The average Bonchev–Trinajstić information content (AvgIpc) is 2.69. The number of methoxy groups -OCH3 is 2. The Bertz CT molecular complexity index is 721. The van der Waals surface area contributed by atoms with Crippen LogP contribution < -0.4 is 15.8 Å². The average molecular weight is 401 g/mol. The van der Waals surface area contributed by atoms with E-state index in [1.165, 1.54) is 21.3 Å². The number of benzene rings is 1. The molecule has 1 amide bonds. The Morgan fingerprint density at radius 2 is 1.93 bits per heavy atom. The second-order valence-corrected chi connectivity index (χ2v) is 8.53. The number of hydrogen-bond acceptors (Lipinski definition) is 7. The number of rotatable bonds is 7. The number of piperidine rings is 1. The van der Waals surface area contributed by atoms with Crippen LogP contribution in [0.3, 0.4) is 0 Å². The lowest BCUT2D eigenvalue weighted by Crippen LogP contribution is -2.54. The first-order valence-corrected chi connectivity index (χ1v) is 10.0. The van der Waals surface area contributed by atoms with E-state index in [-0.39, 0.29) is 18.1 Å². The molecule has 0 saturated carbocycles. The van der Waals surface area contributed by atoms with Crippen LogP contribution in [0, 0.1) is 6.92 Å². The van der Waals surface area contributed by atoms with Crippen molar-refractivity contribution in [3.05, 3.63) is 23.3 Å². The lowest BCUT2D eigenvalue weighted by Gasteiger charge is -2.39. The molecular formula is C17H28N3O6P. The molecule has 1 heterocycles. The topological polar surface area (TPSA) is 112 Å². The normalized spacial score (nSPS) is 21.1. The van der Waals surface area contributed by atoms with Gasteiger partial charge in [0.25, 0.3) is 5.91 Å². The Hall–Kier alpha value is -1.64. The Morgan fingerprint density at radius 3 is 2.48 bits per heavy atom. The standard InChI is InChI=1S/C17H28N3O6P/c1-11-8-12(15(23-2)9-13(11)18)17(21)19-14-6-7-20(10-16(14)24-3)27(22,25-4)26-5/h8-9,14,16H,6-7,10,18H2,1-5H3,(H,19,21). The Balaban J connectivity index is 2.15. The van der Waals surface area contributed by atoms with Gasteiger partial charge < -0.3 is 20.5 Å². The minimum absolute atomic E-state index is 0.261. The Labute approximate surface area is 159 Å². The van der Waals surface area contributed by atoms with Gasteiger partial charge in [0.1, 0.15) is 5.75 Å². The summed E-state index contributed by atoms with van der Waals surface area (Å²) in [4.78, 5) is 12.8. The molecule has 27 heavy (non-hydrogen) atoms. The number of nitrogens with one attached hydrogen (secondary N) is 1. The van der Waals surface area contributed by atoms with Gasteiger partial charge in [0.15, 0.2) is 0 Å². The van der Waals surface area contributed by atoms with Crippen LogP contribution in [-0.4, -0.2) is 64.3 Å². The number of amides is 1. The molecule has 1 fully saturated rings. The van der Waals surface area contributed by atoms with Crippen molar-refractivity contribution >= 4 is 19.3 Å². The minimum atomic E-state index is -3.34. The molecule has 1 saturated heterocycles. The van der Waals surface area contributed by atoms with Crippen LogP contribution in [0.25, 0.3) is 0 Å². The van der Waals surface area contributed by atoms with E-state index in [4.69, 9.17) is 24.3 Å². The van der Waals surface area contributed by atoms with Crippen molar-refractivity contribution in [2.24, 2.45) is 0 Å². The number of ether oxygens (including phenoxy) is 2. The zero-order valence-corrected chi connectivity index (χ0v) is 17.2. The highest BCUT2D eigenvalue weighted by Gasteiger charge is 2.40. The number of nitrogen functional groups attached to an aromatic ring is 1. The summed E-state index contributed by atoms with van der Waals surface area (Å²) >= 11 is 0. The highest BCUT2D eigenvalue weighted by molar-refractivity contribution is 7.51.